The summed E-state index contributed by atoms with van der Waals surface area (Å²) in [6, 6.07) is 11.7. The Morgan fingerprint density at radius 1 is 1.19 bits per heavy atom. The van der Waals surface area contributed by atoms with Gasteiger partial charge in [-0.05, 0) is 49.1 Å². The molecule has 0 saturated heterocycles. The van der Waals surface area contributed by atoms with Gasteiger partial charge in [-0.25, -0.2) is 4.39 Å². The van der Waals surface area contributed by atoms with Crippen LogP contribution in [-0.4, -0.2) is 23.6 Å². The zero-order valence-corrected chi connectivity index (χ0v) is 16.3. The third kappa shape index (κ3) is 6.15. The van der Waals surface area contributed by atoms with Crippen LogP contribution >= 0.6 is 12.2 Å². The lowest BCUT2D eigenvalue weighted by Gasteiger charge is -2.34. The first-order valence-electron chi connectivity index (χ1n) is 9.18. The van der Waals surface area contributed by atoms with Gasteiger partial charge in [0.2, 0.25) is 0 Å². The standard InChI is InChI=1S/C19H23FN2.C2H5NS/c1-14(15-8-10-17(20)11-9-15)22-19-7-3-2-6-18(19)16-5-4-12-21-13-16;1-3-2-4/h4-5,8-14,18-19,22H,2-3,6-7H2,1H3;2H,1H3,(H,3,4)/t14-,18-,19+;/m1./s1. The van der Waals surface area contributed by atoms with Gasteiger partial charge in [-0.3, -0.25) is 4.98 Å². The van der Waals surface area contributed by atoms with Gasteiger partial charge in [0.1, 0.15) is 5.82 Å². The van der Waals surface area contributed by atoms with Crippen molar-refractivity contribution in [1.82, 2.24) is 15.6 Å². The van der Waals surface area contributed by atoms with Crippen molar-refractivity contribution in [2.75, 3.05) is 7.05 Å². The lowest BCUT2D eigenvalue weighted by molar-refractivity contribution is 0.305. The van der Waals surface area contributed by atoms with E-state index in [2.05, 4.69) is 40.8 Å². The second-order valence-electron chi connectivity index (χ2n) is 6.63. The summed E-state index contributed by atoms with van der Waals surface area (Å²) in [5, 5.41) is 6.37. The maximum atomic E-state index is 13.1. The topological polar surface area (TPSA) is 37.0 Å². The number of rotatable bonds is 5. The molecule has 1 saturated carbocycles. The predicted octanol–water partition coefficient (Wildman–Crippen LogP) is 4.76. The summed E-state index contributed by atoms with van der Waals surface area (Å²) in [6.07, 6.45) is 8.76. The molecule has 140 valence electrons. The van der Waals surface area contributed by atoms with E-state index in [0.717, 1.165) is 5.56 Å². The van der Waals surface area contributed by atoms with Crippen LogP contribution in [0.25, 0.3) is 0 Å². The van der Waals surface area contributed by atoms with Gasteiger partial charge in [-0.1, -0.05) is 43.3 Å². The Kier molecular flexibility index (Phi) is 8.65. The maximum Gasteiger partial charge on any atom is 0.123 e. The van der Waals surface area contributed by atoms with Crippen molar-refractivity contribution in [2.45, 2.75) is 50.6 Å². The summed E-state index contributed by atoms with van der Waals surface area (Å²) in [5.74, 6) is 0.340. The molecule has 0 spiro atoms. The lowest BCUT2D eigenvalue weighted by atomic mass is 9.80. The number of halogens is 1. The zero-order chi connectivity index (χ0) is 18.8. The maximum absolute atomic E-state index is 13.1. The molecule has 2 N–H and O–H groups in total. The highest BCUT2D eigenvalue weighted by atomic mass is 32.1. The van der Waals surface area contributed by atoms with E-state index in [0.29, 0.717) is 12.0 Å². The van der Waals surface area contributed by atoms with Gasteiger partial charge in [-0.2, -0.15) is 0 Å². The number of hydrogen-bond donors (Lipinski definition) is 2. The molecule has 0 aliphatic heterocycles. The van der Waals surface area contributed by atoms with E-state index in [1.54, 1.807) is 7.05 Å². The Morgan fingerprint density at radius 2 is 1.88 bits per heavy atom. The van der Waals surface area contributed by atoms with Crippen LogP contribution < -0.4 is 10.6 Å². The quantitative estimate of drug-likeness (QED) is 0.741. The fourth-order valence-electron chi connectivity index (χ4n) is 3.49. The molecule has 0 radical (unpaired) electrons. The molecule has 3 rings (SSSR count). The van der Waals surface area contributed by atoms with Crippen LogP contribution in [0.2, 0.25) is 0 Å². The highest BCUT2D eigenvalue weighted by molar-refractivity contribution is 7.78. The third-order valence-corrected chi connectivity index (χ3v) is 5.07. The SMILES string of the molecule is CNC=S.C[C@@H](N[C@H]1CCCC[C@@H]1c1cccnc1)c1ccc(F)cc1. The highest BCUT2D eigenvalue weighted by Crippen LogP contribution is 2.34. The second kappa shape index (κ2) is 11.0. The average Bonchev–Trinajstić information content (AvgIpc) is 2.70. The van der Waals surface area contributed by atoms with Crippen LogP contribution in [0.3, 0.4) is 0 Å². The second-order valence-corrected chi connectivity index (χ2v) is 6.87. The van der Waals surface area contributed by atoms with Gasteiger partial charge in [0.25, 0.3) is 0 Å². The summed E-state index contributed by atoms with van der Waals surface area (Å²) in [6.45, 7) is 2.15. The monoisotopic (exact) mass is 373 g/mol. The van der Waals surface area contributed by atoms with Gasteiger partial charge in [0, 0.05) is 37.4 Å². The van der Waals surface area contributed by atoms with E-state index in [4.69, 9.17) is 0 Å². The van der Waals surface area contributed by atoms with Gasteiger partial charge < -0.3 is 10.6 Å². The number of aromatic nitrogens is 1. The minimum absolute atomic E-state index is 0.179. The van der Waals surface area contributed by atoms with Crippen molar-refractivity contribution in [1.29, 1.82) is 0 Å². The number of hydrogen-bond acceptors (Lipinski definition) is 3. The Hall–Kier alpha value is -1.85. The summed E-state index contributed by atoms with van der Waals surface area (Å²) >= 11 is 4.32. The number of thiocarbonyl (C=S) groups is 1. The molecule has 1 aliphatic carbocycles. The molecule has 26 heavy (non-hydrogen) atoms. The molecule has 1 fully saturated rings. The zero-order valence-electron chi connectivity index (χ0n) is 15.5. The summed E-state index contributed by atoms with van der Waals surface area (Å²) in [4.78, 5) is 4.27. The molecule has 2 aromatic rings. The van der Waals surface area contributed by atoms with Crippen LogP contribution in [-0.2, 0) is 0 Å². The molecule has 5 heteroatoms. The van der Waals surface area contributed by atoms with Crippen molar-refractivity contribution in [3.05, 3.63) is 65.7 Å². The molecule has 0 bridgehead atoms. The van der Waals surface area contributed by atoms with Crippen LogP contribution in [0.5, 0.6) is 0 Å². The third-order valence-electron chi connectivity index (χ3n) is 4.83. The van der Waals surface area contributed by atoms with Crippen molar-refractivity contribution in [3.8, 4) is 0 Å². The van der Waals surface area contributed by atoms with Crippen LogP contribution in [0.1, 0.15) is 55.7 Å². The van der Waals surface area contributed by atoms with Gasteiger partial charge in [0.05, 0.1) is 5.49 Å². The summed E-state index contributed by atoms with van der Waals surface area (Å²) in [7, 11) is 1.77. The van der Waals surface area contributed by atoms with E-state index in [1.807, 2.05) is 30.6 Å². The van der Waals surface area contributed by atoms with Crippen molar-refractivity contribution < 1.29 is 4.39 Å². The molecule has 3 nitrogen and oxygen atoms in total. The average molecular weight is 374 g/mol. The smallest absolute Gasteiger partial charge is 0.123 e. The van der Waals surface area contributed by atoms with E-state index >= 15 is 0 Å². The Labute approximate surface area is 161 Å². The van der Waals surface area contributed by atoms with E-state index < -0.39 is 0 Å². The summed E-state index contributed by atoms with van der Waals surface area (Å²) < 4.78 is 13.1. The number of benzene rings is 1. The van der Waals surface area contributed by atoms with Crippen LogP contribution in [0.15, 0.2) is 48.8 Å². The van der Waals surface area contributed by atoms with E-state index in [9.17, 15) is 4.39 Å². The molecule has 1 heterocycles. The van der Waals surface area contributed by atoms with Gasteiger partial charge in [0.15, 0.2) is 0 Å². The van der Waals surface area contributed by atoms with Crippen molar-refractivity contribution >= 4 is 17.7 Å². The minimum Gasteiger partial charge on any atom is -0.385 e. The minimum atomic E-state index is -0.179. The molecule has 1 aromatic heterocycles. The first kappa shape index (κ1) is 20.5. The molecule has 0 unspecified atom stereocenters. The number of nitrogens with zero attached hydrogens (tertiary/aromatic N) is 1. The largest absolute Gasteiger partial charge is 0.385 e. The molecule has 3 atom stereocenters. The fourth-order valence-corrected chi connectivity index (χ4v) is 3.49. The first-order valence-corrected chi connectivity index (χ1v) is 9.65. The van der Waals surface area contributed by atoms with Crippen LogP contribution in [0, 0.1) is 5.82 Å². The van der Waals surface area contributed by atoms with E-state index in [1.165, 1.54) is 48.9 Å². The first-order chi connectivity index (χ1) is 12.7. The van der Waals surface area contributed by atoms with Crippen molar-refractivity contribution in [2.24, 2.45) is 0 Å². The Bertz CT molecular complexity index is 648. The van der Waals surface area contributed by atoms with Crippen LogP contribution in [0.4, 0.5) is 4.39 Å². The van der Waals surface area contributed by atoms with Gasteiger partial charge in [-0.15, -0.1) is 0 Å². The number of pyridine rings is 1. The molecule has 1 aromatic carbocycles. The lowest BCUT2D eigenvalue weighted by Crippen LogP contribution is -2.38. The number of nitrogens with one attached hydrogen (secondary N) is 2. The Morgan fingerprint density at radius 3 is 2.50 bits per heavy atom. The van der Waals surface area contributed by atoms with Gasteiger partial charge >= 0.3 is 0 Å². The van der Waals surface area contributed by atoms with E-state index in [-0.39, 0.29) is 11.9 Å². The predicted molar refractivity (Wildman–Crippen MR) is 110 cm³/mol. The highest BCUT2D eigenvalue weighted by Gasteiger charge is 2.27. The summed E-state index contributed by atoms with van der Waals surface area (Å²) in [5.41, 5.74) is 3.92. The molecule has 1 aliphatic rings. The fraction of sp³-hybridized carbons (Fsp3) is 0.429. The normalized spacial score (nSPS) is 20.4. The molecular weight excluding hydrogens is 345 g/mol. The molecule has 0 amide bonds. The van der Waals surface area contributed by atoms with Crippen molar-refractivity contribution in [3.63, 3.8) is 0 Å². The Balaban J connectivity index is 0.000000552. The molecular formula is C21H28FN3S.